The van der Waals surface area contributed by atoms with Crippen LogP contribution in [0.2, 0.25) is 0 Å². The molecule has 0 spiro atoms. The minimum Gasteiger partial charge on any atom is -0.496 e. The third-order valence-corrected chi connectivity index (χ3v) is 3.10. The van der Waals surface area contributed by atoms with Crippen molar-refractivity contribution in [3.05, 3.63) is 28.2 Å². The number of anilines is 1. The van der Waals surface area contributed by atoms with Crippen molar-refractivity contribution in [2.24, 2.45) is 0 Å². The lowest BCUT2D eigenvalue weighted by Gasteiger charge is -2.10. The number of aromatic nitrogens is 1. The van der Waals surface area contributed by atoms with E-state index in [-0.39, 0.29) is 5.88 Å². The quantitative estimate of drug-likeness (QED) is 0.940. The maximum Gasteiger partial charge on any atom is 0.222 e. The SMILES string of the molecule is COCc1cc(OC)c(Br)cc1-c1cc(N)on1. The maximum absolute atomic E-state index is 5.54. The summed E-state index contributed by atoms with van der Waals surface area (Å²) in [5.74, 6) is 1.02. The van der Waals surface area contributed by atoms with Crippen LogP contribution in [0.15, 0.2) is 27.2 Å². The van der Waals surface area contributed by atoms with Gasteiger partial charge in [-0.3, -0.25) is 0 Å². The highest BCUT2D eigenvalue weighted by atomic mass is 79.9. The Hall–Kier alpha value is -1.53. The molecule has 2 rings (SSSR count). The number of rotatable bonds is 4. The van der Waals surface area contributed by atoms with Crippen LogP contribution in [0.25, 0.3) is 11.3 Å². The van der Waals surface area contributed by atoms with Gasteiger partial charge in [0.1, 0.15) is 11.4 Å². The van der Waals surface area contributed by atoms with Gasteiger partial charge in [0.05, 0.1) is 18.2 Å². The number of nitrogens with two attached hydrogens (primary N) is 1. The number of nitrogens with zero attached hydrogens (tertiary/aromatic N) is 1. The van der Waals surface area contributed by atoms with E-state index in [0.717, 1.165) is 21.3 Å². The monoisotopic (exact) mass is 312 g/mol. The highest BCUT2D eigenvalue weighted by molar-refractivity contribution is 9.10. The summed E-state index contributed by atoms with van der Waals surface area (Å²) in [4.78, 5) is 0. The first-order valence-electron chi connectivity index (χ1n) is 5.23. The second kappa shape index (κ2) is 5.41. The Morgan fingerprint density at radius 1 is 1.33 bits per heavy atom. The standard InChI is InChI=1S/C12H13BrN2O3/c1-16-6-7-3-11(17-2)9(13)4-8(7)10-5-12(14)18-15-10/h3-5H,6,14H2,1-2H3. The van der Waals surface area contributed by atoms with Gasteiger partial charge in [0.15, 0.2) is 0 Å². The molecule has 2 N–H and O–H groups in total. The zero-order chi connectivity index (χ0) is 13.1. The average molecular weight is 313 g/mol. The predicted molar refractivity (Wildman–Crippen MR) is 71.3 cm³/mol. The Morgan fingerprint density at radius 2 is 2.11 bits per heavy atom. The fourth-order valence-electron chi connectivity index (χ4n) is 1.68. The number of nitrogen functional groups attached to an aromatic ring is 1. The van der Waals surface area contributed by atoms with Gasteiger partial charge < -0.3 is 19.7 Å². The lowest BCUT2D eigenvalue weighted by atomic mass is 10.0. The average Bonchev–Trinajstić information content (AvgIpc) is 2.78. The summed E-state index contributed by atoms with van der Waals surface area (Å²) in [5.41, 5.74) is 8.05. The fourth-order valence-corrected chi connectivity index (χ4v) is 2.19. The minimum atomic E-state index is 0.278. The molecule has 96 valence electrons. The van der Waals surface area contributed by atoms with Crippen LogP contribution in [0.3, 0.4) is 0 Å². The van der Waals surface area contributed by atoms with Crippen molar-refractivity contribution in [2.45, 2.75) is 6.61 Å². The van der Waals surface area contributed by atoms with E-state index < -0.39 is 0 Å². The van der Waals surface area contributed by atoms with E-state index in [2.05, 4.69) is 21.1 Å². The van der Waals surface area contributed by atoms with E-state index in [1.54, 1.807) is 20.3 Å². The molecule has 0 unspecified atom stereocenters. The molecule has 0 aliphatic rings. The Bertz CT molecular complexity index is 554. The minimum absolute atomic E-state index is 0.278. The van der Waals surface area contributed by atoms with Gasteiger partial charge >= 0.3 is 0 Å². The van der Waals surface area contributed by atoms with Crippen molar-refractivity contribution in [1.82, 2.24) is 5.16 Å². The molecule has 0 saturated carbocycles. The van der Waals surface area contributed by atoms with Crippen molar-refractivity contribution in [3.8, 4) is 17.0 Å². The molecule has 0 atom stereocenters. The Morgan fingerprint density at radius 3 is 2.67 bits per heavy atom. The van der Waals surface area contributed by atoms with Crippen molar-refractivity contribution >= 4 is 21.8 Å². The molecule has 0 aliphatic heterocycles. The predicted octanol–water partition coefficient (Wildman–Crippen LogP) is 2.84. The Kier molecular flexibility index (Phi) is 3.88. The molecule has 0 amide bonds. The summed E-state index contributed by atoms with van der Waals surface area (Å²) in [6.45, 7) is 0.450. The fraction of sp³-hybridized carbons (Fsp3) is 0.250. The molecule has 0 fully saturated rings. The van der Waals surface area contributed by atoms with Gasteiger partial charge in [-0.15, -0.1) is 0 Å². The number of hydrogen-bond acceptors (Lipinski definition) is 5. The van der Waals surface area contributed by atoms with Gasteiger partial charge in [0.25, 0.3) is 0 Å². The van der Waals surface area contributed by atoms with Gasteiger partial charge in [0, 0.05) is 18.7 Å². The van der Waals surface area contributed by atoms with E-state index in [1.807, 2.05) is 12.1 Å². The second-order valence-corrected chi connectivity index (χ2v) is 4.55. The van der Waals surface area contributed by atoms with Crippen molar-refractivity contribution < 1.29 is 14.0 Å². The molecule has 18 heavy (non-hydrogen) atoms. The summed E-state index contributed by atoms with van der Waals surface area (Å²) in [6, 6.07) is 5.48. The molecule has 0 radical (unpaired) electrons. The van der Waals surface area contributed by atoms with Gasteiger partial charge in [-0.2, -0.15) is 0 Å². The first-order chi connectivity index (χ1) is 8.65. The highest BCUT2D eigenvalue weighted by Gasteiger charge is 2.13. The maximum atomic E-state index is 5.54. The lowest BCUT2D eigenvalue weighted by molar-refractivity contribution is 0.185. The first-order valence-corrected chi connectivity index (χ1v) is 6.03. The molecule has 1 heterocycles. The van der Waals surface area contributed by atoms with Crippen molar-refractivity contribution in [3.63, 3.8) is 0 Å². The van der Waals surface area contributed by atoms with Crippen LogP contribution in [0.1, 0.15) is 5.56 Å². The molecule has 0 bridgehead atoms. The van der Waals surface area contributed by atoms with Crippen LogP contribution >= 0.6 is 15.9 Å². The summed E-state index contributed by atoms with van der Waals surface area (Å²) in [5, 5.41) is 3.91. The number of ether oxygens (including phenoxy) is 2. The Balaban J connectivity index is 2.54. The van der Waals surface area contributed by atoms with Crippen LogP contribution < -0.4 is 10.5 Å². The van der Waals surface area contributed by atoms with Crippen molar-refractivity contribution in [1.29, 1.82) is 0 Å². The molecule has 0 aliphatic carbocycles. The van der Waals surface area contributed by atoms with E-state index in [4.69, 9.17) is 19.7 Å². The Labute approximate surface area is 113 Å². The lowest BCUT2D eigenvalue weighted by Crippen LogP contribution is -1.95. The summed E-state index contributed by atoms with van der Waals surface area (Å²) in [6.07, 6.45) is 0. The van der Waals surface area contributed by atoms with Gasteiger partial charge in [-0.25, -0.2) is 0 Å². The van der Waals surface area contributed by atoms with E-state index in [9.17, 15) is 0 Å². The third kappa shape index (κ3) is 2.49. The second-order valence-electron chi connectivity index (χ2n) is 3.69. The summed E-state index contributed by atoms with van der Waals surface area (Å²) >= 11 is 3.44. The molecule has 1 aromatic carbocycles. The first kappa shape index (κ1) is 12.9. The molecular formula is C12H13BrN2O3. The van der Waals surface area contributed by atoms with Crippen LogP contribution in [-0.2, 0) is 11.3 Å². The normalized spacial score (nSPS) is 10.6. The van der Waals surface area contributed by atoms with E-state index in [0.29, 0.717) is 12.3 Å². The largest absolute Gasteiger partial charge is 0.496 e. The number of methoxy groups -OCH3 is 2. The number of hydrogen-bond donors (Lipinski definition) is 1. The third-order valence-electron chi connectivity index (χ3n) is 2.48. The zero-order valence-electron chi connectivity index (χ0n) is 10.1. The molecule has 0 saturated heterocycles. The van der Waals surface area contributed by atoms with Crippen LogP contribution in [-0.4, -0.2) is 19.4 Å². The topological polar surface area (TPSA) is 70.5 Å². The van der Waals surface area contributed by atoms with Crippen LogP contribution in [0.5, 0.6) is 5.75 Å². The van der Waals surface area contributed by atoms with Crippen LogP contribution in [0, 0.1) is 0 Å². The summed E-state index contributed by atoms with van der Waals surface area (Å²) < 4.78 is 16.2. The zero-order valence-corrected chi connectivity index (χ0v) is 11.7. The summed E-state index contributed by atoms with van der Waals surface area (Å²) in [7, 11) is 3.25. The van der Waals surface area contributed by atoms with Gasteiger partial charge in [-0.05, 0) is 33.6 Å². The molecule has 1 aromatic heterocycles. The van der Waals surface area contributed by atoms with E-state index >= 15 is 0 Å². The smallest absolute Gasteiger partial charge is 0.222 e. The molecule has 2 aromatic rings. The molecule has 5 nitrogen and oxygen atoms in total. The van der Waals surface area contributed by atoms with Crippen LogP contribution in [0.4, 0.5) is 5.88 Å². The van der Waals surface area contributed by atoms with Crippen molar-refractivity contribution in [2.75, 3.05) is 20.0 Å². The van der Waals surface area contributed by atoms with E-state index in [1.165, 1.54) is 0 Å². The number of benzene rings is 1. The molecule has 6 heteroatoms. The number of halogens is 1. The van der Waals surface area contributed by atoms with Gasteiger partial charge in [-0.1, -0.05) is 5.16 Å². The van der Waals surface area contributed by atoms with Gasteiger partial charge in [0.2, 0.25) is 5.88 Å². The highest BCUT2D eigenvalue weighted by Crippen LogP contribution is 2.34. The molecular weight excluding hydrogens is 300 g/mol.